The Morgan fingerprint density at radius 2 is 2.15 bits per heavy atom. The average Bonchev–Trinajstić information content (AvgIpc) is 2.92. The Balaban J connectivity index is 1.75. The Bertz CT molecular complexity index is 628. The molecule has 0 saturated carbocycles. The Labute approximate surface area is 127 Å². The lowest BCUT2D eigenvalue weighted by Crippen LogP contribution is -2.02. The summed E-state index contributed by atoms with van der Waals surface area (Å²) in [5.41, 5.74) is 3.51. The van der Waals surface area contributed by atoms with Gasteiger partial charge >= 0.3 is 0 Å². The van der Waals surface area contributed by atoms with Gasteiger partial charge in [-0.3, -0.25) is 0 Å². The molecule has 3 rings (SSSR count). The normalized spacial score (nSPS) is 12.7. The van der Waals surface area contributed by atoms with E-state index in [9.17, 15) is 0 Å². The molecule has 1 aliphatic rings. The monoisotopic (exact) mass is 333 g/mol. The van der Waals surface area contributed by atoms with Crippen LogP contribution in [0.4, 0.5) is 5.69 Å². The van der Waals surface area contributed by atoms with Crippen molar-refractivity contribution in [2.45, 2.75) is 13.0 Å². The van der Waals surface area contributed by atoms with E-state index in [0.29, 0.717) is 0 Å². The first-order chi connectivity index (χ1) is 9.76. The SMILES string of the molecule is COc1ccc(Br)cc1CNc1ccc2c(c1)CCO2. The van der Waals surface area contributed by atoms with Gasteiger partial charge in [0.05, 0.1) is 13.7 Å². The second-order valence-corrected chi connectivity index (χ2v) is 5.65. The summed E-state index contributed by atoms with van der Waals surface area (Å²) in [6.07, 6.45) is 0.991. The summed E-state index contributed by atoms with van der Waals surface area (Å²) in [7, 11) is 1.69. The maximum Gasteiger partial charge on any atom is 0.123 e. The molecule has 2 aromatic carbocycles. The van der Waals surface area contributed by atoms with E-state index in [2.05, 4.69) is 39.4 Å². The van der Waals surface area contributed by atoms with E-state index in [4.69, 9.17) is 9.47 Å². The summed E-state index contributed by atoms with van der Waals surface area (Å²) in [5, 5.41) is 3.44. The van der Waals surface area contributed by atoms with Crippen LogP contribution in [0.25, 0.3) is 0 Å². The van der Waals surface area contributed by atoms with Crippen LogP contribution >= 0.6 is 15.9 Å². The van der Waals surface area contributed by atoms with E-state index in [1.54, 1.807) is 7.11 Å². The third-order valence-corrected chi connectivity index (χ3v) is 3.91. The molecular formula is C16H16BrNO2. The Morgan fingerprint density at radius 3 is 3.00 bits per heavy atom. The van der Waals surface area contributed by atoms with Gasteiger partial charge in [0.1, 0.15) is 11.5 Å². The standard InChI is InChI=1S/C16H16BrNO2/c1-19-15-4-2-13(17)8-12(15)10-18-14-3-5-16-11(9-14)6-7-20-16/h2-5,8-9,18H,6-7,10H2,1H3. The quantitative estimate of drug-likeness (QED) is 0.917. The minimum absolute atomic E-state index is 0.724. The van der Waals surface area contributed by atoms with Crippen molar-refractivity contribution in [3.8, 4) is 11.5 Å². The Morgan fingerprint density at radius 1 is 1.25 bits per heavy atom. The van der Waals surface area contributed by atoms with Gasteiger partial charge < -0.3 is 14.8 Å². The highest BCUT2D eigenvalue weighted by atomic mass is 79.9. The third kappa shape index (κ3) is 2.75. The predicted octanol–water partition coefficient (Wildman–Crippen LogP) is 4.00. The molecule has 1 heterocycles. The Kier molecular flexibility index (Phi) is 3.83. The van der Waals surface area contributed by atoms with Gasteiger partial charge in [-0.15, -0.1) is 0 Å². The van der Waals surface area contributed by atoms with Gasteiger partial charge in [-0.1, -0.05) is 15.9 Å². The number of fused-ring (bicyclic) bond motifs is 1. The predicted molar refractivity (Wildman–Crippen MR) is 83.7 cm³/mol. The van der Waals surface area contributed by atoms with Gasteiger partial charge in [-0.25, -0.2) is 0 Å². The van der Waals surface area contributed by atoms with Crippen LogP contribution < -0.4 is 14.8 Å². The fourth-order valence-electron chi connectivity index (χ4n) is 2.38. The molecule has 1 aliphatic heterocycles. The number of rotatable bonds is 4. The molecule has 1 N–H and O–H groups in total. The number of benzene rings is 2. The number of hydrogen-bond donors (Lipinski definition) is 1. The second-order valence-electron chi connectivity index (χ2n) is 4.73. The molecule has 0 saturated heterocycles. The summed E-state index contributed by atoms with van der Waals surface area (Å²) < 4.78 is 11.9. The van der Waals surface area contributed by atoms with E-state index < -0.39 is 0 Å². The highest BCUT2D eigenvalue weighted by Gasteiger charge is 2.12. The number of ether oxygens (including phenoxy) is 2. The summed E-state index contributed by atoms with van der Waals surface area (Å²) in [6, 6.07) is 12.3. The van der Waals surface area contributed by atoms with E-state index in [1.165, 1.54) is 5.56 Å². The topological polar surface area (TPSA) is 30.5 Å². The van der Waals surface area contributed by atoms with Crippen LogP contribution in [0.1, 0.15) is 11.1 Å². The molecule has 0 amide bonds. The van der Waals surface area contributed by atoms with Gasteiger partial charge in [0.2, 0.25) is 0 Å². The van der Waals surface area contributed by atoms with Crippen LogP contribution in [-0.2, 0) is 13.0 Å². The van der Waals surface area contributed by atoms with Gasteiger partial charge in [0, 0.05) is 28.7 Å². The van der Waals surface area contributed by atoms with Crippen molar-refractivity contribution in [3.05, 3.63) is 52.0 Å². The van der Waals surface area contributed by atoms with Crippen molar-refractivity contribution in [1.29, 1.82) is 0 Å². The van der Waals surface area contributed by atoms with Gasteiger partial charge in [-0.05, 0) is 42.0 Å². The lowest BCUT2D eigenvalue weighted by molar-refractivity contribution is 0.357. The van der Waals surface area contributed by atoms with Crippen molar-refractivity contribution >= 4 is 21.6 Å². The van der Waals surface area contributed by atoms with Crippen LogP contribution in [-0.4, -0.2) is 13.7 Å². The number of methoxy groups -OCH3 is 1. The van der Waals surface area contributed by atoms with Crippen molar-refractivity contribution in [1.82, 2.24) is 0 Å². The van der Waals surface area contributed by atoms with Crippen LogP contribution in [0.15, 0.2) is 40.9 Å². The van der Waals surface area contributed by atoms with Crippen molar-refractivity contribution in [2.75, 3.05) is 19.0 Å². The van der Waals surface area contributed by atoms with E-state index in [-0.39, 0.29) is 0 Å². The van der Waals surface area contributed by atoms with Crippen molar-refractivity contribution in [3.63, 3.8) is 0 Å². The number of anilines is 1. The molecule has 0 atom stereocenters. The molecular weight excluding hydrogens is 318 g/mol. The highest BCUT2D eigenvalue weighted by molar-refractivity contribution is 9.10. The van der Waals surface area contributed by atoms with Crippen LogP contribution in [0.3, 0.4) is 0 Å². The number of nitrogens with one attached hydrogen (secondary N) is 1. The smallest absolute Gasteiger partial charge is 0.123 e. The third-order valence-electron chi connectivity index (χ3n) is 3.41. The second kappa shape index (κ2) is 5.75. The number of halogens is 1. The lowest BCUT2D eigenvalue weighted by Gasteiger charge is -2.12. The molecule has 0 aromatic heterocycles. The number of hydrogen-bond acceptors (Lipinski definition) is 3. The van der Waals surface area contributed by atoms with E-state index in [0.717, 1.165) is 46.8 Å². The largest absolute Gasteiger partial charge is 0.496 e. The molecule has 0 radical (unpaired) electrons. The molecule has 3 nitrogen and oxygen atoms in total. The minimum atomic E-state index is 0.724. The molecule has 0 spiro atoms. The molecule has 0 unspecified atom stereocenters. The molecule has 0 aliphatic carbocycles. The van der Waals surface area contributed by atoms with Gasteiger partial charge in [0.25, 0.3) is 0 Å². The summed E-state index contributed by atoms with van der Waals surface area (Å²) in [5.74, 6) is 1.90. The first-order valence-electron chi connectivity index (χ1n) is 6.58. The average molecular weight is 334 g/mol. The first kappa shape index (κ1) is 13.3. The van der Waals surface area contributed by atoms with Crippen molar-refractivity contribution in [2.24, 2.45) is 0 Å². The maximum absolute atomic E-state index is 5.51. The van der Waals surface area contributed by atoms with E-state index in [1.807, 2.05) is 18.2 Å². The summed E-state index contributed by atoms with van der Waals surface area (Å²) >= 11 is 3.49. The van der Waals surface area contributed by atoms with Gasteiger partial charge in [-0.2, -0.15) is 0 Å². The molecule has 20 heavy (non-hydrogen) atoms. The van der Waals surface area contributed by atoms with Gasteiger partial charge in [0.15, 0.2) is 0 Å². The summed E-state index contributed by atoms with van der Waals surface area (Å²) in [6.45, 7) is 1.51. The molecule has 4 heteroatoms. The highest BCUT2D eigenvalue weighted by Crippen LogP contribution is 2.29. The fourth-order valence-corrected chi connectivity index (χ4v) is 2.79. The first-order valence-corrected chi connectivity index (χ1v) is 7.37. The summed E-state index contributed by atoms with van der Waals surface area (Å²) in [4.78, 5) is 0. The zero-order valence-corrected chi connectivity index (χ0v) is 12.9. The molecule has 2 aromatic rings. The molecule has 104 valence electrons. The van der Waals surface area contributed by atoms with Crippen LogP contribution in [0.2, 0.25) is 0 Å². The van der Waals surface area contributed by atoms with E-state index >= 15 is 0 Å². The zero-order chi connectivity index (χ0) is 13.9. The Hall–Kier alpha value is -1.68. The van der Waals surface area contributed by atoms with Crippen LogP contribution in [0, 0.1) is 0 Å². The molecule has 0 bridgehead atoms. The minimum Gasteiger partial charge on any atom is -0.496 e. The van der Waals surface area contributed by atoms with Crippen molar-refractivity contribution < 1.29 is 9.47 Å². The zero-order valence-electron chi connectivity index (χ0n) is 11.3. The lowest BCUT2D eigenvalue weighted by atomic mass is 10.1. The maximum atomic E-state index is 5.51. The fraction of sp³-hybridized carbons (Fsp3) is 0.250. The molecule has 0 fully saturated rings. The van der Waals surface area contributed by atoms with Crippen LogP contribution in [0.5, 0.6) is 11.5 Å².